The number of carboxylic acid groups (broad SMARTS) is 1. The summed E-state index contributed by atoms with van der Waals surface area (Å²) >= 11 is 0. The molecule has 1 aliphatic heterocycles. The Labute approximate surface area is 133 Å². The van der Waals surface area contributed by atoms with Crippen LogP contribution in [0.4, 0.5) is 11.4 Å². The van der Waals surface area contributed by atoms with Crippen LogP contribution in [0.3, 0.4) is 0 Å². The molecule has 1 aliphatic rings. The highest BCUT2D eigenvalue weighted by Crippen LogP contribution is 2.30. The molecule has 2 rings (SSSR count). The van der Waals surface area contributed by atoms with Crippen molar-refractivity contribution in [2.75, 3.05) is 18.8 Å². The summed E-state index contributed by atoms with van der Waals surface area (Å²) in [6.07, 6.45) is 0.503. The molecule has 0 radical (unpaired) electrons. The van der Waals surface area contributed by atoms with E-state index in [1.165, 1.54) is 17.0 Å². The lowest BCUT2D eigenvalue weighted by Gasteiger charge is -2.34. The van der Waals surface area contributed by atoms with Gasteiger partial charge in [0.05, 0.1) is 16.4 Å². The number of aryl methyl sites for hydroxylation is 1. The maximum absolute atomic E-state index is 12.7. The Morgan fingerprint density at radius 1 is 1.39 bits per heavy atom. The number of likely N-dealkylation sites (tertiary alicyclic amines) is 1. The number of hydrogen-bond donors (Lipinski definition) is 2. The molecule has 2 unspecified atom stereocenters. The number of nitro groups is 1. The van der Waals surface area contributed by atoms with Crippen LogP contribution in [0.5, 0.6) is 0 Å². The van der Waals surface area contributed by atoms with Gasteiger partial charge in [-0.3, -0.25) is 19.7 Å². The molecule has 8 nitrogen and oxygen atoms in total. The van der Waals surface area contributed by atoms with Crippen LogP contribution in [0.2, 0.25) is 0 Å². The molecule has 1 heterocycles. The second kappa shape index (κ2) is 6.23. The minimum Gasteiger partial charge on any atom is -0.481 e. The van der Waals surface area contributed by atoms with Crippen LogP contribution in [-0.2, 0) is 4.79 Å². The molecule has 1 aromatic carbocycles. The van der Waals surface area contributed by atoms with E-state index in [1.807, 2.05) is 6.92 Å². The molecule has 0 aliphatic carbocycles. The fourth-order valence-corrected chi connectivity index (χ4v) is 2.97. The highest BCUT2D eigenvalue weighted by Gasteiger charge is 2.33. The van der Waals surface area contributed by atoms with Crippen LogP contribution < -0.4 is 5.73 Å². The molecule has 0 saturated carbocycles. The Balaban J connectivity index is 2.36. The van der Waals surface area contributed by atoms with E-state index in [1.54, 1.807) is 6.92 Å². The van der Waals surface area contributed by atoms with Gasteiger partial charge >= 0.3 is 5.97 Å². The molecule has 8 heteroatoms. The molecule has 0 bridgehead atoms. The second-order valence-corrected chi connectivity index (χ2v) is 6.09. The topological polar surface area (TPSA) is 127 Å². The highest BCUT2D eigenvalue weighted by molar-refractivity contribution is 6.01. The number of carbonyl (C=O) groups excluding carboxylic acids is 1. The van der Waals surface area contributed by atoms with Gasteiger partial charge in [-0.2, -0.15) is 0 Å². The van der Waals surface area contributed by atoms with Gasteiger partial charge in [0.15, 0.2) is 0 Å². The van der Waals surface area contributed by atoms with Gasteiger partial charge in [-0.15, -0.1) is 0 Å². The Kier molecular flexibility index (Phi) is 4.53. The molecule has 124 valence electrons. The number of rotatable bonds is 3. The molecule has 2 atom stereocenters. The van der Waals surface area contributed by atoms with Crippen molar-refractivity contribution < 1.29 is 19.6 Å². The molecule has 1 amide bonds. The summed E-state index contributed by atoms with van der Waals surface area (Å²) < 4.78 is 0. The Morgan fingerprint density at radius 3 is 2.61 bits per heavy atom. The summed E-state index contributed by atoms with van der Waals surface area (Å²) in [7, 11) is 0. The Morgan fingerprint density at radius 2 is 2.04 bits per heavy atom. The van der Waals surface area contributed by atoms with Gasteiger partial charge in [0, 0.05) is 19.2 Å². The van der Waals surface area contributed by atoms with Crippen molar-refractivity contribution in [1.82, 2.24) is 4.90 Å². The quantitative estimate of drug-likeness (QED) is 0.495. The molecule has 1 aromatic rings. The number of nitrogens with zero attached hydrogens (tertiary/aromatic N) is 2. The third kappa shape index (κ3) is 3.41. The standard InChI is InChI=1S/C15H19N3O5/c1-8-4-11(13(16)12(5-8)18(22)23)14(19)17-6-9(2)3-10(7-17)15(20)21/h4-5,9-10H,3,6-7,16H2,1-2H3,(H,20,21). The third-order valence-electron chi connectivity index (χ3n) is 4.03. The number of carboxylic acids is 1. The summed E-state index contributed by atoms with van der Waals surface area (Å²) in [4.78, 5) is 35.7. The number of piperidine rings is 1. The van der Waals surface area contributed by atoms with Gasteiger partial charge in [-0.1, -0.05) is 6.92 Å². The van der Waals surface area contributed by atoms with E-state index < -0.39 is 22.7 Å². The van der Waals surface area contributed by atoms with Crippen molar-refractivity contribution in [2.45, 2.75) is 20.3 Å². The number of carbonyl (C=O) groups is 2. The number of aliphatic carboxylic acids is 1. The SMILES string of the molecule is Cc1cc(C(=O)N2CC(C)CC(C(=O)O)C2)c(N)c([N+](=O)[O-])c1. The van der Waals surface area contributed by atoms with Crippen LogP contribution in [0, 0.1) is 28.9 Å². The van der Waals surface area contributed by atoms with Crippen LogP contribution >= 0.6 is 0 Å². The van der Waals surface area contributed by atoms with Crippen molar-refractivity contribution in [3.8, 4) is 0 Å². The molecule has 3 N–H and O–H groups in total. The zero-order chi connectivity index (χ0) is 17.3. The first-order valence-corrected chi connectivity index (χ1v) is 7.27. The van der Waals surface area contributed by atoms with Gasteiger partial charge in [0.1, 0.15) is 5.69 Å². The molecular formula is C15H19N3O5. The number of hydrogen-bond acceptors (Lipinski definition) is 5. The third-order valence-corrected chi connectivity index (χ3v) is 4.03. The molecular weight excluding hydrogens is 302 g/mol. The number of nitrogen functional groups attached to an aromatic ring is 1. The number of benzene rings is 1. The molecule has 1 fully saturated rings. The van der Waals surface area contributed by atoms with Crippen LogP contribution in [0.1, 0.15) is 29.3 Å². The van der Waals surface area contributed by atoms with Gasteiger partial charge in [0.25, 0.3) is 11.6 Å². The van der Waals surface area contributed by atoms with E-state index in [0.717, 1.165) is 0 Å². The normalized spacial score (nSPS) is 21.0. The molecule has 23 heavy (non-hydrogen) atoms. The fourth-order valence-electron chi connectivity index (χ4n) is 2.97. The maximum atomic E-state index is 12.7. The fraction of sp³-hybridized carbons (Fsp3) is 0.467. The molecule has 0 spiro atoms. The highest BCUT2D eigenvalue weighted by atomic mass is 16.6. The smallest absolute Gasteiger partial charge is 0.308 e. The van der Waals surface area contributed by atoms with E-state index in [0.29, 0.717) is 18.5 Å². The lowest BCUT2D eigenvalue weighted by atomic mass is 9.90. The van der Waals surface area contributed by atoms with Crippen LogP contribution in [-0.4, -0.2) is 39.9 Å². The minimum absolute atomic E-state index is 0.0369. The monoisotopic (exact) mass is 321 g/mol. The summed E-state index contributed by atoms with van der Waals surface area (Å²) in [5.74, 6) is -2.01. The summed E-state index contributed by atoms with van der Waals surface area (Å²) in [6, 6.07) is 2.81. The number of anilines is 1. The number of nitro benzene ring substituents is 1. The number of amides is 1. The predicted octanol–water partition coefficient (Wildman–Crippen LogP) is 1.67. The van der Waals surface area contributed by atoms with Crippen molar-refractivity contribution >= 4 is 23.3 Å². The first-order chi connectivity index (χ1) is 10.7. The number of nitrogens with two attached hydrogens (primary N) is 1. The average Bonchev–Trinajstić information content (AvgIpc) is 2.47. The van der Waals surface area contributed by atoms with Gasteiger partial charge in [-0.25, -0.2) is 0 Å². The van der Waals surface area contributed by atoms with E-state index in [9.17, 15) is 24.8 Å². The lowest BCUT2D eigenvalue weighted by molar-refractivity contribution is -0.384. The van der Waals surface area contributed by atoms with Gasteiger partial charge < -0.3 is 15.7 Å². The van der Waals surface area contributed by atoms with Crippen molar-refractivity contribution in [3.05, 3.63) is 33.4 Å². The van der Waals surface area contributed by atoms with E-state index in [2.05, 4.69) is 0 Å². The van der Waals surface area contributed by atoms with Crippen molar-refractivity contribution in [3.63, 3.8) is 0 Å². The lowest BCUT2D eigenvalue weighted by Crippen LogP contribution is -2.45. The largest absolute Gasteiger partial charge is 0.481 e. The molecule has 1 saturated heterocycles. The van der Waals surface area contributed by atoms with Crippen molar-refractivity contribution in [1.29, 1.82) is 0 Å². The summed E-state index contributed by atoms with van der Waals surface area (Å²) in [5, 5.41) is 20.2. The first-order valence-electron chi connectivity index (χ1n) is 7.27. The van der Waals surface area contributed by atoms with E-state index >= 15 is 0 Å². The zero-order valence-corrected chi connectivity index (χ0v) is 13.0. The summed E-state index contributed by atoms with van der Waals surface area (Å²) in [6.45, 7) is 4.00. The average molecular weight is 321 g/mol. The van der Waals surface area contributed by atoms with E-state index in [-0.39, 0.29) is 29.4 Å². The second-order valence-electron chi connectivity index (χ2n) is 6.09. The zero-order valence-electron chi connectivity index (χ0n) is 13.0. The van der Waals surface area contributed by atoms with Crippen molar-refractivity contribution in [2.24, 2.45) is 11.8 Å². The minimum atomic E-state index is -0.947. The van der Waals surface area contributed by atoms with Crippen LogP contribution in [0.25, 0.3) is 0 Å². The van der Waals surface area contributed by atoms with Gasteiger partial charge in [-0.05, 0) is 30.9 Å². The Bertz CT molecular complexity index is 673. The first kappa shape index (κ1) is 16.7. The Hall–Kier alpha value is -2.64. The van der Waals surface area contributed by atoms with Gasteiger partial charge in [0.2, 0.25) is 0 Å². The van der Waals surface area contributed by atoms with Crippen LogP contribution in [0.15, 0.2) is 12.1 Å². The van der Waals surface area contributed by atoms with E-state index in [4.69, 9.17) is 5.73 Å². The predicted molar refractivity (Wildman–Crippen MR) is 83.1 cm³/mol. The maximum Gasteiger partial charge on any atom is 0.308 e. The summed E-state index contributed by atoms with van der Waals surface area (Å²) in [5.41, 5.74) is 5.89. The molecule has 0 aromatic heterocycles.